The quantitative estimate of drug-likeness (QED) is 0.458. The maximum absolute atomic E-state index is 3.17. The van der Waals surface area contributed by atoms with Gasteiger partial charge >= 0.3 is 0 Å². The lowest BCUT2D eigenvalue weighted by Gasteiger charge is -2.02. The van der Waals surface area contributed by atoms with Gasteiger partial charge in [-0.1, -0.05) is 0 Å². The van der Waals surface area contributed by atoms with Crippen LogP contribution in [0.2, 0.25) is 0 Å². The highest BCUT2D eigenvalue weighted by Gasteiger charge is 2.02. The van der Waals surface area contributed by atoms with Crippen molar-refractivity contribution in [3.63, 3.8) is 0 Å². The van der Waals surface area contributed by atoms with Crippen molar-refractivity contribution in [3.8, 4) is 0 Å². The molecular weight excluding hydrogens is 88.1 g/mol. The number of hydrogen-bond donors (Lipinski definition) is 2. The Morgan fingerprint density at radius 1 is 1.71 bits per heavy atom. The van der Waals surface area contributed by atoms with Crippen molar-refractivity contribution < 1.29 is 0 Å². The highest BCUT2D eigenvalue weighted by Crippen LogP contribution is 1.93. The first kappa shape index (κ1) is 4.50. The van der Waals surface area contributed by atoms with Gasteiger partial charge < -0.3 is 10.6 Å². The maximum Gasteiger partial charge on any atom is 0.0928 e. The van der Waals surface area contributed by atoms with Crippen LogP contribution in [0.15, 0.2) is 11.9 Å². The maximum atomic E-state index is 3.17. The lowest BCUT2D eigenvalue weighted by atomic mass is 10.5. The Kier molecular flexibility index (Phi) is 0.929. The molecule has 0 spiro atoms. The van der Waals surface area contributed by atoms with Crippen molar-refractivity contribution in [1.29, 1.82) is 0 Å². The van der Waals surface area contributed by atoms with E-state index < -0.39 is 0 Å². The molecule has 2 nitrogen and oxygen atoms in total. The van der Waals surface area contributed by atoms with Crippen LogP contribution >= 0.6 is 0 Å². The summed E-state index contributed by atoms with van der Waals surface area (Å²) in [7, 11) is 0. The minimum atomic E-state index is 0.431. The van der Waals surface area contributed by atoms with E-state index in [0.29, 0.717) is 6.17 Å². The summed E-state index contributed by atoms with van der Waals surface area (Å²) in [5, 5.41) is 6.26. The first-order valence-electron chi connectivity index (χ1n) is 2.48. The summed E-state index contributed by atoms with van der Waals surface area (Å²) in [4.78, 5) is 0. The second-order valence-electron chi connectivity index (χ2n) is 1.86. The molecule has 0 aromatic heterocycles. The minimum Gasteiger partial charge on any atom is -0.370 e. The van der Waals surface area contributed by atoms with E-state index in [1.165, 1.54) is 5.70 Å². The molecule has 1 unspecified atom stereocenters. The molecule has 0 fully saturated rings. The summed E-state index contributed by atoms with van der Waals surface area (Å²) in [5.74, 6) is 0. The second-order valence-corrected chi connectivity index (χ2v) is 1.86. The fourth-order valence-corrected chi connectivity index (χ4v) is 0.675. The molecule has 0 aromatic carbocycles. The van der Waals surface area contributed by atoms with Crippen molar-refractivity contribution in [2.24, 2.45) is 0 Å². The van der Waals surface area contributed by atoms with Gasteiger partial charge in [-0.2, -0.15) is 0 Å². The van der Waals surface area contributed by atoms with Crippen LogP contribution in [0.4, 0.5) is 0 Å². The molecule has 2 N–H and O–H groups in total. The lowest BCUT2D eigenvalue weighted by molar-refractivity contribution is 0.613. The van der Waals surface area contributed by atoms with Crippen molar-refractivity contribution in [2.45, 2.75) is 20.0 Å². The third-order valence-electron chi connectivity index (χ3n) is 0.994. The summed E-state index contributed by atoms with van der Waals surface area (Å²) in [6.45, 7) is 4.11. The third kappa shape index (κ3) is 0.856. The van der Waals surface area contributed by atoms with Crippen molar-refractivity contribution in [2.75, 3.05) is 0 Å². The Bertz CT molecular complexity index is 96.3. The Labute approximate surface area is 43.6 Å². The van der Waals surface area contributed by atoms with Crippen LogP contribution in [-0.2, 0) is 0 Å². The zero-order valence-corrected chi connectivity index (χ0v) is 4.65. The van der Waals surface area contributed by atoms with Crippen LogP contribution in [0.5, 0.6) is 0 Å². The lowest BCUT2D eigenvalue weighted by Crippen LogP contribution is -2.27. The van der Waals surface area contributed by atoms with Crippen LogP contribution in [0.25, 0.3) is 0 Å². The fraction of sp³-hybridized carbons (Fsp3) is 0.600. The van der Waals surface area contributed by atoms with Gasteiger partial charge in [-0.25, -0.2) is 0 Å². The SMILES string of the molecule is CC1=CNC(C)N1. The van der Waals surface area contributed by atoms with Gasteiger partial charge in [0.1, 0.15) is 0 Å². The standard InChI is InChI=1S/C5H10N2/c1-4-3-6-5(2)7-4/h3,5-7H,1-2H3. The Balaban J connectivity index is 2.42. The Morgan fingerprint density at radius 3 is 2.57 bits per heavy atom. The first-order chi connectivity index (χ1) is 3.29. The normalized spacial score (nSPS) is 28.3. The first-order valence-corrected chi connectivity index (χ1v) is 2.48. The van der Waals surface area contributed by atoms with E-state index in [1.807, 2.05) is 13.1 Å². The molecule has 0 aromatic rings. The van der Waals surface area contributed by atoms with Gasteiger partial charge in [-0.3, -0.25) is 0 Å². The van der Waals surface area contributed by atoms with Crippen LogP contribution in [0.3, 0.4) is 0 Å². The van der Waals surface area contributed by atoms with Crippen molar-refractivity contribution in [3.05, 3.63) is 11.9 Å². The second kappa shape index (κ2) is 1.45. The van der Waals surface area contributed by atoms with Crippen molar-refractivity contribution in [1.82, 2.24) is 10.6 Å². The Morgan fingerprint density at radius 2 is 2.43 bits per heavy atom. The average molecular weight is 98.1 g/mol. The molecule has 7 heavy (non-hydrogen) atoms. The van der Waals surface area contributed by atoms with E-state index >= 15 is 0 Å². The number of hydrogen-bond acceptors (Lipinski definition) is 2. The highest BCUT2D eigenvalue weighted by atomic mass is 15.2. The molecule has 0 radical (unpaired) electrons. The predicted octanol–water partition coefficient (Wildman–Crippen LogP) is 0.386. The number of rotatable bonds is 0. The molecule has 1 rings (SSSR count). The van der Waals surface area contributed by atoms with Gasteiger partial charge in [-0.05, 0) is 13.8 Å². The number of nitrogens with one attached hydrogen (secondary N) is 2. The molecule has 1 heterocycles. The van der Waals surface area contributed by atoms with E-state index in [4.69, 9.17) is 0 Å². The van der Waals surface area contributed by atoms with E-state index in [-0.39, 0.29) is 0 Å². The molecule has 0 aliphatic carbocycles. The fourth-order valence-electron chi connectivity index (χ4n) is 0.675. The monoisotopic (exact) mass is 98.1 g/mol. The molecule has 1 aliphatic heterocycles. The van der Waals surface area contributed by atoms with E-state index in [2.05, 4.69) is 17.6 Å². The van der Waals surface area contributed by atoms with E-state index in [9.17, 15) is 0 Å². The van der Waals surface area contributed by atoms with Gasteiger partial charge in [0.15, 0.2) is 0 Å². The predicted molar refractivity (Wildman–Crippen MR) is 29.5 cm³/mol. The number of allylic oxidation sites excluding steroid dienone is 1. The zero-order chi connectivity index (χ0) is 5.28. The largest absolute Gasteiger partial charge is 0.370 e. The Hall–Kier alpha value is -0.660. The van der Waals surface area contributed by atoms with E-state index in [1.54, 1.807) is 0 Å². The molecule has 1 atom stereocenters. The summed E-state index contributed by atoms with van der Waals surface area (Å²) >= 11 is 0. The molecule has 0 amide bonds. The molecular formula is C5H10N2. The zero-order valence-electron chi connectivity index (χ0n) is 4.65. The van der Waals surface area contributed by atoms with Crippen LogP contribution in [0, 0.1) is 0 Å². The van der Waals surface area contributed by atoms with Gasteiger partial charge in [0.2, 0.25) is 0 Å². The topological polar surface area (TPSA) is 24.1 Å². The molecule has 0 bridgehead atoms. The van der Waals surface area contributed by atoms with Gasteiger partial charge in [0, 0.05) is 11.9 Å². The highest BCUT2D eigenvalue weighted by molar-refractivity contribution is 5.01. The van der Waals surface area contributed by atoms with Crippen LogP contribution in [-0.4, -0.2) is 6.17 Å². The van der Waals surface area contributed by atoms with Crippen LogP contribution < -0.4 is 10.6 Å². The minimum absolute atomic E-state index is 0.431. The molecule has 0 saturated heterocycles. The van der Waals surface area contributed by atoms with Crippen molar-refractivity contribution >= 4 is 0 Å². The molecule has 40 valence electrons. The molecule has 0 saturated carbocycles. The van der Waals surface area contributed by atoms with Gasteiger partial charge in [-0.15, -0.1) is 0 Å². The third-order valence-corrected chi connectivity index (χ3v) is 0.994. The summed E-state index contributed by atoms with van der Waals surface area (Å²) in [6, 6.07) is 0. The summed E-state index contributed by atoms with van der Waals surface area (Å²) in [5.41, 5.74) is 1.22. The summed E-state index contributed by atoms with van der Waals surface area (Å²) in [6.07, 6.45) is 2.41. The molecule has 1 aliphatic rings. The van der Waals surface area contributed by atoms with Gasteiger partial charge in [0.25, 0.3) is 0 Å². The molecule has 2 heteroatoms. The average Bonchev–Trinajstić information content (AvgIpc) is 1.87. The smallest absolute Gasteiger partial charge is 0.0928 e. The van der Waals surface area contributed by atoms with Gasteiger partial charge in [0.05, 0.1) is 6.17 Å². The van der Waals surface area contributed by atoms with E-state index in [0.717, 1.165) is 0 Å². The summed E-state index contributed by atoms with van der Waals surface area (Å²) < 4.78 is 0. The van der Waals surface area contributed by atoms with Crippen LogP contribution in [0.1, 0.15) is 13.8 Å².